The predicted molar refractivity (Wildman–Crippen MR) is 111 cm³/mol. The van der Waals surface area contributed by atoms with Crippen molar-refractivity contribution in [3.05, 3.63) is 70.7 Å². The molecule has 0 unspecified atom stereocenters. The summed E-state index contributed by atoms with van der Waals surface area (Å²) in [6.45, 7) is 1.93. The van der Waals surface area contributed by atoms with Crippen molar-refractivity contribution in [3.63, 3.8) is 0 Å². The van der Waals surface area contributed by atoms with Gasteiger partial charge in [0.25, 0.3) is 0 Å². The van der Waals surface area contributed by atoms with E-state index in [1.807, 2.05) is 42.5 Å². The largest absolute Gasteiger partial charge is 0.368 e. The van der Waals surface area contributed by atoms with E-state index in [4.69, 9.17) is 23.2 Å². The molecule has 3 aromatic rings. The molecule has 0 saturated carbocycles. The second kappa shape index (κ2) is 7.32. The number of nitrogens with zero attached hydrogens (tertiary/aromatic N) is 2. The predicted octanol–water partition coefficient (Wildman–Crippen LogP) is 4.66. The Bertz CT molecular complexity index is 1090. The van der Waals surface area contributed by atoms with E-state index in [0.29, 0.717) is 41.1 Å². The molecule has 0 atom stereocenters. The van der Waals surface area contributed by atoms with Gasteiger partial charge < -0.3 is 4.90 Å². The first-order chi connectivity index (χ1) is 13.0. The minimum atomic E-state index is -3.53. The van der Waals surface area contributed by atoms with Crippen molar-refractivity contribution in [1.29, 1.82) is 0 Å². The van der Waals surface area contributed by atoms with Crippen molar-refractivity contribution in [3.8, 4) is 0 Å². The molecule has 1 saturated heterocycles. The summed E-state index contributed by atoms with van der Waals surface area (Å²) in [6, 6.07) is 18.5. The van der Waals surface area contributed by atoms with Gasteiger partial charge >= 0.3 is 0 Å². The Labute approximate surface area is 169 Å². The molecule has 3 aromatic carbocycles. The van der Waals surface area contributed by atoms with Crippen LogP contribution < -0.4 is 4.90 Å². The highest BCUT2D eigenvalue weighted by Gasteiger charge is 2.29. The Morgan fingerprint density at radius 1 is 0.778 bits per heavy atom. The molecule has 1 aliphatic rings. The van der Waals surface area contributed by atoms with Gasteiger partial charge in [-0.25, -0.2) is 8.42 Å². The average Bonchev–Trinajstić information content (AvgIpc) is 2.70. The summed E-state index contributed by atoms with van der Waals surface area (Å²) >= 11 is 12.4. The molecule has 4 rings (SSSR count). The van der Waals surface area contributed by atoms with Crippen molar-refractivity contribution < 1.29 is 8.42 Å². The van der Waals surface area contributed by atoms with Crippen LogP contribution in [0.15, 0.2) is 65.6 Å². The highest BCUT2D eigenvalue weighted by molar-refractivity contribution is 7.89. The summed E-state index contributed by atoms with van der Waals surface area (Å²) in [7, 11) is -3.53. The van der Waals surface area contributed by atoms with Gasteiger partial charge in [0, 0.05) is 26.2 Å². The number of sulfonamides is 1. The summed E-state index contributed by atoms with van der Waals surface area (Å²) in [4.78, 5) is 2.40. The van der Waals surface area contributed by atoms with Gasteiger partial charge in [-0.05, 0) is 35.0 Å². The number of fused-ring (bicyclic) bond motifs is 1. The SMILES string of the molecule is O=S(=O)(c1ccc2ccccc2c1)N1CCN(c2cccc(Cl)c2Cl)CC1. The maximum absolute atomic E-state index is 13.1. The van der Waals surface area contributed by atoms with Crippen molar-refractivity contribution in [2.45, 2.75) is 4.90 Å². The van der Waals surface area contributed by atoms with Crippen LogP contribution in [0, 0.1) is 0 Å². The van der Waals surface area contributed by atoms with E-state index in [0.717, 1.165) is 16.5 Å². The lowest BCUT2D eigenvalue weighted by Gasteiger charge is -2.35. The van der Waals surface area contributed by atoms with E-state index in [2.05, 4.69) is 4.90 Å². The molecular formula is C20H18Cl2N2O2S. The number of rotatable bonds is 3. The lowest BCUT2D eigenvalue weighted by Crippen LogP contribution is -2.48. The second-order valence-corrected chi connectivity index (χ2v) is 9.20. The molecule has 140 valence electrons. The summed E-state index contributed by atoms with van der Waals surface area (Å²) in [5.41, 5.74) is 0.840. The molecule has 27 heavy (non-hydrogen) atoms. The molecule has 0 bridgehead atoms. The van der Waals surface area contributed by atoms with Crippen molar-refractivity contribution in [2.24, 2.45) is 0 Å². The van der Waals surface area contributed by atoms with Crippen LogP contribution in [0.2, 0.25) is 10.0 Å². The smallest absolute Gasteiger partial charge is 0.243 e. The third-order valence-electron chi connectivity index (χ3n) is 4.87. The van der Waals surface area contributed by atoms with Crippen LogP contribution in [0.25, 0.3) is 10.8 Å². The normalized spacial score (nSPS) is 16.0. The first kappa shape index (κ1) is 18.6. The van der Waals surface area contributed by atoms with Crippen LogP contribution >= 0.6 is 23.2 Å². The van der Waals surface area contributed by atoms with Crippen LogP contribution in [0.4, 0.5) is 5.69 Å². The van der Waals surface area contributed by atoms with Crippen molar-refractivity contribution in [2.75, 3.05) is 31.1 Å². The van der Waals surface area contributed by atoms with E-state index in [9.17, 15) is 8.42 Å². The van der Waals surface area contributed by atoms with Gasteiger partial charge in [0.1, 0.15) is 0 Å². The number of benzene rings is 3. The Hall–Kier alpha value is -1.79. The van der Waals surface area contributed by atoms with Gasteiger partial charge in [-0.2, -0.15) is 4.31 Å². The summed E-state index contributed by atoms with van der Waals surface area (Å²) < 4.78 is 27.6. The van der Waals surface area contributed by atoms with E-state index >= 15 is 0 Å². The van der Waals surface area contributed by atoms with Crippen LogP contribution in [0.1, 0.15) is 0 Å². The zero-order chi connectivity index (χ0) is 19.0. The van der Waals surface area contributed by atoms with Crippen molar-refractivity contribution in [1.82, 2.24) is 4.31 Å². The monoisotopic (exact) mass is 420 g/mol. The van der Waals surface area contributed by atoms with Crippen LogP contribution in [-0.4, -0.2) is 38.9 Å². The molecule has 0 radical (unpaired) electrons. The third-order valence-corrected chi connectivity index (χ3v) is 7.57. The first-order valence-electron chi connectivity index (χ1n) is 8.65. The zero-order valence-corrected chi connectivity index (χ0v) is 16.8. The lowest BCUT2D eigenvalue weighted by atomic mass is 10.1. The number of hydrogen-bond donors (Lipinski definition) is 0. The minimum Gasteiger partial charge on any atom is -0.368 e. The Morgan fingerprint density at radius 3 is 2.22 bits per heavy atom. The fraction of sp³-hybridized carbons (Fsp3) is 0.200. The second-order valence-electron chi connectivity index (χ2n) is 6.47. The molecule has 0 aliphatic carbocycles. The number of hydrogen-bond acceptors (Lipinski definition) is 3. The molecule has 0 N–H and O–H groups in total. The highest BCUT2D eigenvalue weighted by Crippen LogP contribution is 2.33. The zero-order valence-electron chi connectivity index (χ0n) is 14.5. The number of anilines is 1. The van der Waals surface area contributed by atoms with Gasteiger partial charge in [-0.15, -0.1) is 0 Å². The molecule has 0 aromatic heterocycles. The minimum absolute atomic E-state index is 0.329. The molecule has 1 heterocycles. The summed E-state index contributed by atoms with van der Waals surface area (Å²) in [6.07, 6.45) is 0. The Balaban J connectivity index is 1.55. The molecule has 1 aliphatic heterocycles. The number of piperazine rings is 1. The van der Waals surface area contributed by atoms with Gasteiger partial charge in [0.15, 0.2) is 0 Å². The Kier molecular flexibility index (Phi) is 5.03. The van der Waals surface area contributed by atoms with Gasteiger partial charge in [0.2, 0.25) is 10.0 Å². The van der Waals surface area contributed by atoms with Gasteiger partial charge in [0.05, 0.1) is 20.6 Å². The van der Waals surface area contributed by atoms with Crippen LogP contribution in [0.5, 0.6) is 0 Å². The summed E-state index contributed by atoms with van der Waals surface area (Å²) in [5, 5.41) is 2.95. The maximum Gasteiger partial charge on any atom is 0.243 e. The molecule has 0 spiro atoms. The molecule has 0 amide bonds. The van der Waals surface area contributed by atoms with Gasteiger partial charge in [-0.1, -0.05) is 59.6 Å². The van der Waals surface area contributed by atoms with E-state index in [-0.39, 0.29) is 0 Å². The third kappa shape index (κ3) is 3.52. The first-order valence-corrected chi connectivity index (χ1v) is 10.8. The van der Waals surface area contributed by atoms with E-state index in [1.165, 1.54) is 4.31 Å². The fourth-order valence-electron chi connectivity index (χ4n) is 3.38. The maximum atomic E-state index is 13.1. The van der Waals surface area contributed by atoms with Crippen LogP contribution in [-0.2, 0) is 10.0 Å². The van der Waals surface area contributed by atoms with Gasteiger partial charge in [-0.3, -0.25) is 0 Å². The molecule has 4 nitrogen and oxygen atoms in total. The van der Waals surface area contributed by atoms with Crippen LogP contribution in [0.3, 0.4) is 0 Å². The van der Waals surface area contributed by atoms with E-state index in [1.54, 1.807) is 18.2 Å². The Morgan fingerprint density at radius 2 is 1.48 bits per heavy atom. The lowest BCUT2D eigenvalue weighted by molar-refractivity contribution is 0.385. The molecule has 1 fully saturated rings. The standard InChI is InChI=1S/C20H18Cl2N2O2S/c21-18-6-3-7-19(20(18)22)23-10-12-24(13-11-23)27(25,26)17-9-8-15-4-1-2-5-16(15)14-17/h1-9,14H,10-13H2. The number of halogens is 2. The highest BCUT2D eigenvalue weighted by atomic mass is 35.5. The topological polar surface area (TPSA) is 40.6 Å². The quantitative estimate of drug-likeness (QED) is 0.618. The molecule has 7 heteroatoms. The van der Waals surface area contributed by atoms with Crippen molar-refractivity contribution >= 4 is 49.7 Å². The molecular weight excluding hydrogens is 403 g/mol. The fourth-order valence-corrected chi connectivity index (χ4v) is 5.26. The average molecular weight is 421 g/mol. The summed E-state index contributed by atoms with van der Waals surface area (Å²) in [5.74, 6) is 0. The van der Waals surface area contributed by atoms with E-state index < -0.39 is 10.0 Å².